The van der Waals surface area contributed by atoms with Crippen molar-refractivity contribution in [3.63, 3.8) is 0 Å². The van der Waals surface area contributed by atoms with Crippen molar-refractivity contribution in [1.29, 1.82) is 0 Å². The number of carbonyl (C=O) groups is 1. The minimum atomic E-state index is -1.14. The predicted molar refractivity (Wildman–Crippen MR) is 76.1 cm³/mol. The summed E-state index contributed by atoms with van der Waals surface area (Å²) in [5.74, 6) is -1.14. The van der Waals surface area contributed by atoms with E-state index >= 15 is 0 Å². The molecular formula is C12H16N4O6. The molecule has 1 unspecified atom stereocenters. The number of nitrogens with zero attached hydrogens (tertiary/aromatic N) is 2. The molecule has 1 aromatic rings. The third-order valence-electron chi connectivity index (χ3n) is 3.17. The molecule has 0 aromatic heterocycles. The largest absolute Gasteiger partial charge is 0.480 e. The third-order valence-corrected chi connectivity index (χ3v) is 3.17. The summed E-state index contributed by atoms with van der Waals surface area (Å²) in [6.07, 6.45) is 0.712. The lowest BCUT2D eigenvalue weighted by Crippen LogP contribution is -2.30. The predicted octanol–water partition coefficient (Wildman–Crippen LogP) is 1.09. The number of nitrogens with two attached hydrogens (primary N) is 2. The standard InChI is InChI=1S/C12H16N4O6/c13-8(4-2-5-9(14)12(17)18)7-3-1-6-10(15(19)20)11(7)16(21)22/h1,3,6,8-9H,2,4-5,13-14H2,(H,17,18)/t8?,9-/m0/s1. The summed E-state index contributed by atoms with van der Waals surface area (Å²) in [7, 11) is 0. The maximum absolute atomic E-state index is 11.1. The van der Waals surface area contributed by atoms with Crippen LogP contribution in [0.3, 0.4) is 0 Å². The molecule has 0 aliphatic rings. The van der Waals surface area contributed by atoms with Crippen LogP contribution in [-0.2, 0) is 4.79 Å². The number of benzene rings is 1. The highest BCUT2D eigenvalue weighted by Crippen LogP contribution is 2.34. The molecule has 0 radical (unpaired) electrons. The summed E-state index contributed by atoms with van der Waals surface area (Å²) in [4.78, 5) is 30.8. The Kier molecular flexibility index (Phi) is 5.90. The maximum atomic E-state index is 11.1. The molecule has 10 heteroatoms. The number of rotatable bonds is 8. The molecule has 0 bridgehead atoms. The average molecular weight is 312 g/mol. The Bertz CT molecular complexity index is 591. The van der Waals surface area contributed by atoms with Crippen LogP contribution < -0.4 is 11.5 Å². The lowest BCUT2D eigenvalue weighted by molar-refractivity contribution is -0.423. The van der Waals surface area contributed by atoms with Crippen LogP contribution in [0.4, 0.5) is 11.4 Å². The Balaban J connectivity index is 2.91. The summed E-state index contributed by atoms with van der Waals surface area (Å²) in [6, 6.07) is 1.86. The first kappa shape index (κ1) is 17.5. The molecule has 0 spiro atoms. The van der Waals surface area contributed by atoms with E-state index in [9.17, 15) is 25.0 Å². The molecular weight excluding hydrogens is 296 g/mol. The highest BCUT2D eigenvalue weighted by atomic mass is 16.6. The lowest BCUT2D eigenvalue weighted by atomic mass is 9.98. The zero-order valence-electron chi connectivity index (χ0n) is 11.5. The second kappa shape index (κ2) is 7.43. The van der Waals surface area contributed by atoms with Crippen molar-refractivity contribution in [3.8, 4) is 0 Å². The van der Waals surface area contributed by atoms with Gasteiger partial charge in [0.25, 0.3) is 0 Å². The molecule has 0 amide bonds. The van der Waals surface area contributed by atoms with Crippen molar-refractivity contribution in [2.24, 2.45) is 11.5 Å². The van der Waals surface area contributed by atoms with Gasteiger partial charge in [-0.15, -0.1) is 0 Å². The van der Waals surface area contributed by atoms with Gasteiger partial charge in [0.2, 0.25) is 0 Å². The van der Waals surface area contributed by atoms with Crippen molar-refractivity contribution < 1.29 is 19.7 Å². The zero-order chi connectivity index (χ0) is 16.9. The van der Waals surface area contributed by atoms with Gasteiger partial charge < -0.3 is 16.6 Å². The Morgan fingerprint density at radius 1 is 1.18 bits per heavy atom. The van der Waals surface area contributed by atoms with Crippen molar-refractivity contribution in [1.82, 2.24) is 0 Å². The van der Waals surface area contributed by atoms with Gasteiger partial charge in [-0.1, -0.05) is 12.1 Å². The highest BCUT2D eigenvalue weighted by Gasteiger charge is 2.30. The van der Waals surface area contributed by atoms with Gasteiger partial charge in [-0.3, -0.25) is 25.0 Å². The van der Waals surface area contributed by atoms with Crippen molar-refractivity contribution in [3.05, 3.63) is 44.0 Å². The van der Waals surface area contributed by atoms with E-state index in [0.29, 0.717) is 6.42 Å². The molecule has 0 aliphatic carbocycles. The first-order valence-electron chi connectivity index (χ1n) is 6.41. The monoisotopic (exact) mass is 312 g/mol. The Hall–Kier alpha value is -2.59. The van der Waals surface area contributed by atoms with Gasteiger partial charge in [0.05, 0.1) is 15.4 Å². The third kappa shape index (κ3) is 4.20. The fraction of sp³-hybridized carbons (Fsp3) is 0.417. The number of nitro benzene ring substituents is 2. The van der Waals surface area contributed by atoms with Gasteiger partial charge in [0.15, 0.2) is 0 Å². The van der Waals surface area contributed by atoms with Gasteiger partial charge in [0.1, 0.15) is 6.04 Å². The van der Waals surface area contributed by atoms with E-state index in [1.807, 2.05) is 0 Å². The molecule has 0 aliphatic heterocycles. The van der Waals surface area contributed by atoms with Gasteiger partial charge in [0, 0.05) is 12.1 Å². The SMILES string of the molecule is NC(CCC[C@H](N)C(=O)O)c1cccc([N+](=O)[O-])c1[N+](=O)[O-]. The average Bonchev–Trinajstić information content (AvgIpc) is 2.45. The molecule has 5 N–H and O–H groups in total. The second-order valence-corrected chi connectivity index (χ2v) is 4.71. The topological polar surface area (TPSA) is 176 Å². The fourth-order valence-corrected chi connectivity index (χ4v) is 2.03. The van der Waals surface area contributed by atoms with Crippen LogP contribution in [0.15, 0.2) is 18.2 Å². The molecule has 120 valence electrons. The Labute approximate surface area is 125 Å². The van der Waals surface area contributed by atoms with E-state index in [4.69, 9.17) is 16.6 Å². The molecule has 10 nitrogen and oxygen atoms in total. The number of nitro groups is 2. The van der Waals surface area contributed by atoms with E-state index < -0.39 is 39.3 Å². The first-order valence-corrected chi connectivity index (χ1v) is 6.41. The minimum Gasteiger partial charge on any atom is -0.480 e. The maximum Gasteiger partial charge on any atom is 0.350 e. The number of hydrogen-bond donors (Lipinski definition) is 3. The molecule has 0 fully saturated rings. The van der Waals surface area contributed by atoms with Crippen LogP contribution in [0.5, 0.6) is 0 Å². The van der Waals surface area contributed by atoms with E-state index in [1.165, 1.54) is 12.1 Å². The number of hydrogen-bond acceptors (Lipinski definition) is 7. The number of aliphatic carboxylic acids is 1. The second-order valence-electron chi connectivity index (χ2n) is 4.71. The van der Waals surface area contributed by atoms with Crippen LogP contribution in [0.25, 0.3) is 0 Å². The summed E-state index contributed by atoms with van der Waals surface area (Å²) in [5, 5.41) is 30.6. The van der Waals surface area contributed by atoms with E-state index in [1.54, 1.807) is 0 Å². The van der Waals surface area contributed by atoms with E-state index in [2.05, 4.69) is 0 Å². The lowest BCUT2D eigenvalue weighted by Gasteiger charge is -2.13. The van der Waals surface area contributed by atoms with Crippen LogP contribution in [0, 0.1) is 20.2 Å². The Morgan fingerprint density at radius 3 is 2.32 bits per heavy atom. The molecule has 0 heterocycles. The smallest absolute Gasteiger partial charge is 0.350 e. The molecule has 2 atom stereocenters. The minimum absolute atomic E-state index is 0.0445. The number of carboxylic acid groups (broad SMARTS) is 1. The molecule has 0 saturated heterocycles. The number of carboxylic acids is 1. The van der Waals surface area contributed by atoms with Crippen LogP contribution in [0.1, 0.15) is 30.9 Å². The fourth-order valence-electron chi connectivity index (χ4n) is 2.03. The summed E-state index contributed by atoms with van der Waals surface area (Å²) in [6.45, 7) is 0. The van der Waals surface area contributed by atoms with Gasteiger partial charge >= 0.3 is 17.3 Å². The number of para-hydroxylation sites is 1. The normalized spacial score (nSPS) is 13.4. The van der Waals surface area contributed by atoms with E-state index in [-0.39, 0.29) is 18.4 Å². The van der Waals surface area contributed by atoms with Crippen LogP contribution in [-0.4, -0.2) is 27.0 Å². The van der Waals surface area contributed by atoms with Crippen LogP contribution >= 0.6 is 0 Å². The molecule has 22 heavy (non-hydrogen) atoms. The summed E-state index contributed by atoms with van der Waals surface area (Å²) in [5.41, 5.74) is 9.98. The van der Waals surface area contributed by atoms with Crippen molar-refractivity contribution >= 4 is 17.3 Å². The Morgan fingerprint density at radius 2 is 1.82 bits per heavy atom. The summed E-state index contributed by atoms with van der Waals surface area (Å²) >= 11 is 0. The van der Waals surface area contributed by atoms with Crippen LogP contribution in [0.2, 0.25) is 0 Å². The summed E-state index contributed by atoms with van der Waals surface area (Å²) < 4.78 is 0. The van der Waals surface area contributed by atoms with Crippen molar-refractivity contribution in [2.75, 3.05) is 0 Å². The molecule has 1 rings (SSSR count). The molecule has 1 aromatic carbocycles. The highest BCUT2D eigenvalue weighted by molar-refractivity contribution is 5.72. The van der Waals surface area contributed by atoms with Gasteiger partial charge in [-0.05, 0) is 19.3 Å². The van der Waals surface area contributed by atoms with E-state index in [0.717, 1.165) is 6.07 Å². The quantitative estimate of drug-likeness (QED) is 0.471. The first-order chi connectivity index (χ1) is 10.3. The molecule has 0 saturated carbocycles. The van der Waals surface area contributed by atoms with Gasteiger partial charge in [-0.2, -0.15) is 0 Å². The zero-order valence-corrected chi connectivity index (χ0v) is 11.5. The van der Waals surface area contributed by atoms with Crippen molar-refractivity contribution in [2.45, 2.75) is 31.3 Å². The van der Waals surface area contributed by atoms with Gasteiger partial charge in [-0.25, -0.2) is 0 Å².